The minimum Gasteiger partial charge on any atom is -0.324 e. The standard InChI is InChI=1S/C17H19N/c18-17(14-9-12-8-13(12)10-14)16-7-3-5-11-4-1-2-6-15(11)16/h1-7,12-14,17H,8-10,18H2. The minimum absolute atomic E-state index is 0.226. The lowest BCUT2D eigenvalue weighted by molar-refractivity contribution is 0.406. The van der Waals surface area contributed by atoms with Crippen LogP contribution in [0.2, 0.25) is 0 Å². The van der Waals surface area contributed by atoms with Crippen LogP contribution in [0, 0.1) is 17.8 Å². The molecule has 2 saturated carbocycles. The van der Waals surface area contributed by atoms with Gasteiger partial charge in [-0.25, -0.2) is 0 Å². The predicted molar refractivity (Wildman–Crippen MR) is 75.2 cm³/mol. The van der Waals surface area contributed by atoms with Crippen LogP contribution < -0.4 is 5.73 Å². The van der Waals surface area contributed by atoms with Gasteiger partial charge in [-0.05, 0) is 53.4 Å². The second kappa shape index (κ2) is 3.83. The normalized spacial score (nSPS) is 31.3. The fourth-order valence-corrected chi connectivity index (χ4v) is 3.85. The summed E-state index contributed by atoms with van der Waals surface area (Å²) in [5.41, 5.74) is 7.90. The van der Waals surface area contributed by atoms with Crippen molar-refractivity contribution in [1.29, 1.82) is 0 Å². The number of benzene rings is 2. The fraction of sp³-hybridized carbons (Fsp3) is 0.412. The molecule has 3 atom stereocenters. The maximum Gasteiger partial charge on any atom is 0.0329 e. The van der Waals surface area contributed by atoms with E-state index in [1.807, 2.05) is 0 Å². The first kappa shape index (κ1) is 10.6. The Hall–Kier alpha value is -1.34. The van der Waals surface area contributed by atoms with E-state index in [4.69, 9.17) is 5.73 Å². The quantitative estimate of drug-likeness (QED) is 0.842. The highest BCUT2D eigenvalue weighted by molar-refractivity contribution is 5.86. The lowest BCUT2D eigenvalue weighted by Crippen LogP contribution is -2.20. The molecule has 2 aliphatic rings. The molecule has 0 aliphatic heterocycles. The summed E-state index contributed by atoms with van der Waals surface area (Å²) in [6.45, 7) is 0. The molecule has 0 spiro atoms. The average Bonchev–Trinajstić information content (AvgIpc) is 3.04. The van der Waals surface area contributed by atoms with E-state index >= 15 is 0 Å². The third kappa shape index (κ3) is 1.58. The average molecular weight is 237 g/mol. The van der Waals surface area contributed by atoms with Crippen molar-refractivity contribution in [3.8, 4) is 0 Å². The smallest absolute Gasteiger partial charge is 0.0329 e. The third-order valence-electron chi connectivity index (χ3n) is 4.97. The Balaban J connectivity index is 1.72. The molecule has 0 heterocycles. The van der Waals surface area contributed by atoms with Gasteiger partial charge >= 0.3 is 0 Å². The second-order valence-electron chi connectivity index (χ2n) is 6.08. The number of hydrogen-bond acceptors (Lipinski definition) is 1. The van der Waals surface area contributed by atoms with Crippen LogP contribution >= 0.6 is 0 Å². The van der Waals surface area contributed by atoms with Gasteiger partial charge in [0.15, 0.2) is 0 Å². The van der Waals surface area contributed by atoms with Crippen LogP contribution in [0.3, 0.4) is 0 Å². The zero-order chi connectivity index (χ0) is 12.1. The molecule has 0 aromatic heterocycles. The van der Waals surface area contributed by atoms with E-state index in [-0.39, 0.29) is 6.04 Å². The number of rotatable bonds is 2. The van der Waals surface area contributed by atoms with Crippen molar-refractivity contribution in [3.05, 3.63) is 48.0 Å². The maximum absolute atomic E-state index is 6.55. The molecular formula is C17H19N. The van der Waals surface area contributed by atoms with Crippen molar-refractivity contribution >= 4 is 10.8 Å². The second-order valence-corrected chi connectivity index (χ2v) is 6.08. The van der Waals surface area contributed by atoms with E-state index in [0.717, 1.165) is 11.8 Å². The van der Waals surface area contributed by atoms with Crippen LogP contribution in [0.15, 0.2) is 42.5 Å². The van der Waals surface area contributed by atoms with Crippen molar-refractivity contribution < 1.29 is 0 Å². The molecule has 0 amide bonds. The molecule has 2 aromatic carbocycles. The summed E-state index contributed by atoms with van der Waals surface area (Å²) in [5, 5.41) is 2.65. The van der Waals surface area contributed by atoms with Crippen LogP contribution in [-0.4, -0.2) is 0 Å². The molecule has 2 N–H and O–H groups in total. The largest absolute Gasteiger partial charge is 0.324 e. The van der Waals surface area contributed by atoms with Gasteiger partial charge in [-0.2, -0.15) is 0 Å². The number of fused-ring (bicyclic) bond motifs is 2. The van der Waals surface area contributed by atoms with Crippen LogP contribution in [0.25, 0.3) is 10.8 Å². The Morgan fingerprint density at radius 3 is 2.44 bits per heavy atom. The highest BCUT2D eigenvalue weighted by Gasteiger charge is 2.47. The van der Waals surface area contributed by atoms with Crippen LogP contribution in [0.4, 0.5) is 0 Å². The fourth-order valence-electron chi connectivity index (χ4n) is 3.85. The molecule has 2 fully saturated rings. The highest BCUT2D eigenvalue weighted by atomic mass is 14.7. The van der Waals surface area contributed by atoms with Gasteiger partial charge < -0.3 is 5.73 Å². The lowest BCUT2D eigenvalue weighted by atomic mass is 9.87. The first-order valence-corrected chi connectivity index (χ1v) is 7.06. The van der Waals surface area contributed by atoms with Gasteiger partial charge in [0, 0.05) is 6.04 Å². The Morgan fingerprint density at radius 1 is 0.889 bits per heavy atom. The van der Waals surface area contributed by atoms with Crippen molar-refractivity contribution in [3.63, 3.8) is 0 Å². The van der Waals surface area contributed by atoms with E-state index < -0.39 is 0 Å². The van der Waals surface area contributed by atoms with E-state index in [1.165, 1.54) is 35.6 Å². The van der Waals surface area contributed by atoms with Crippen LogP contribution in [0.5, 0.6) is 0 Å². The molecule has 0 radical (unpaired) electrons. The first-order valence-electron chi connectivity index (χ1n) is 7.06. The molecule has 4 rings (SSSR count). The van der Waals surface area contributed by atoms with Gasteiger partial charge in [0.05, 0.1) is 0 Å². The molecule has 0 saturated heterocycles. The van der Waals surface area contributed by atoms with E-state index in [9.17, 15) is 0 Å². The Labute approximate surface area is 108 Å². The summed E-state index contributed by atoms with van der Waals surface area (Å²) in [6.07, 6.45) is 4.18. The Bertz CT molecular complexity index is 574. The maximum atomic E-state index is 6.55. The number of hydrogen-bond donors (Lipinski definition) is 1. The summed E-state index contributed by atoms with van der Waals surface area (Å²) in [4.78, 5) is 0. The predicted octanol–water partition coefficient (Wildman–Crippen LogP) is 3.89. The monoisotopic (exact) mass is 237 g/mol. The summed E-state index contributed by atoms with van der Waals surface area (Å²) >= 11 is 0. The molecule has 2 aliphatic carbocycles. The molecule has 1 nitrogen and oxygen atoms in total. The Morgan fingerprint density at radius 2 is 1.61 bits per heavy atom. The molecule has 3 unspecified atom stereocenters. The molecule has 2 aromatic rings. The van der Waals surface area contributed by atoms with Crippen molar-refractivity contribution in [1.82, 2.24) is 0 Å². The zero-order valence-electron chi connectivity index (χ0n) is 10.5. The Kier molecular flexibility index (Phi) is 2.25. The zero-order valence-corrected chi connectivity index (χ0v) is 10.5. The molecular weight excluding hydrogens is 218 g/mol. The van der Waals surface area contributed by atoms with Gasteiger partial charge in [-0.1, -0.05) is 42.5 Å². The van der Waals surface area contributed by atoms with Gasteiger partial charge in [-0.15, -0.1) is 0 Å². The molecule has 18 heavy (non-hydrogen) atoms. The third-order valence-corrected chi connectivity index (χ3v) is 4.97. The van der Waals surface area contributed by atoms with Gasteiger partial charge in [0.25, 0.3) is 0 Å². The lowest BCUT2D eigenvalue weighted by Gasteiger charge is -2.22. The van der Waals surface area contributed by atoms with Gasteiger partial charge in [-0.3, -0.25) is 0 Å². The van der Waals surface area contributed by atoms with Crippen LogP contribution in [0.1, 0.15) is 30.9 Å². The SMILES string of the molecule is NC(c1cccc2ccccc12)C1CC2CC2C1. The minimum atomic E-state index is 0.226. The summed E-state index contributed by atoms with van der Waals surface area (Å²) in [5.74, 6) is 2.73. The molecule has 92 valence electrons. The van der Waals surface area contributed by atoms with Gasteiger partial charge in [0.1, 0.15) is 0 Å². The van der Waals surface area contributed by atoms with Crippen molar-refractivity contribution in [2.24, 2.45) is 23.5 Å². The van der Waals surface area contributed by atoms with E-state index in [0.29, 0.717) is 5.92 Å². The van der Waals surface area contributed by atoms with Gasteiger partial charge in [0.2, 0.25) is 0 Å². The molecule has 1 heteroatoms. The van der Waals surface area contributed by atoms with Crippen molar-refractivity contribution in [2.75, 3.05) is 0 Å². The highest BCUT2D eigenvalue weighted by Crippen LogP contribution is 2.56. The van der Waals surface area contributed by atoms with Crippen LogP contribution in [-0.2, 0) is 0 Å². The topological polar surface area (TPSA) is 26.0 Å². The molecule has 0 bridgehead atoms. The van der Waals surface area contributed by atoms with E-state index in [2.05, 4.69) is 42.5 Å². The summed E-state index contributed by atoms with van der Waals surface area (Å²) in [7, 11) is 0. The van der Waals surface area contributed by atoms with E-state index in [1.54, 1.807) is 0 Å². The number of nitrogens with two attached hydrogens (primary N) is 1. The van der Waals surface area contributed by atoms with Crippen molar-refractivity contribution in [2.45, 2.75) is 25.3 Å². The summed E-state index contributed by atoms with van der Waals surface area (Å²) in [6, 6.07) is 15.4. The summed E-state index contributed by atoms with van der Waals surface area (Å²) < 4.78 is 0. The first-order chi connectivity index (χ1) is 8.83.